The van der Waals surface area contributed by atoms with Crippen molar-refractivity contribution in [3.8, 4) is 6.07 Å². The van der Waals surface area contributed by atoms with E-state index in [1.54, 1.807) is 11.6 Å². The molecule has 0 atom stereocenters. The molecule has 2 aliphatic rings. The van der Waals surface area contributed by atoms with Crippen molar-refractivity contribution in [1.82, 2.24) is 0 Å². The topological polar surface area (TPSA) is 23.8 Å². The number of nitriles is 1. The third kappa shape index (κ3) is 9.40. The Morgan fingerprint density at radius 2 is 1.44 bits per heavy atom. The number of hydrogen-bond acceptors (Lipinski definition) is 1. The lowest BCUT2D eigenvalue weighted by atomic mass is 9.76. The van der Waals surface area contributed by atoms with Crippen molar-refractivity contribution in [2.75, 3.05) is 0 Å². The third-order valence-electron chi connectivity index (χ3n) is 8.50. The molecule has 1 aromatic carbocycles. The fourth-order valence-electron chi connectivity index (χ4n) is 6.32. The highest BCUT2D eigenvalue weighted by Crippen LogP contribution is 2.39. The van der Waals surface area contributed by atoms with E-state index < -0.39 is 5.83 Å². The van der Waals surface area contributed by atoms with Gasteiger partial charge in [0.15, 0.2) is 5.83 Å². The fraction of sp³-hybridized carbons (Fsp3) is 0.656. The number of hydrogen-bond donors (Lipinski definition) is 0. The number of benzene rings is 1. The Labute approximate surface area is 208 Å². The van der Waals surface area contributed by atoms with Crippen molar-refractivity contribution in [3.63, 3.8) is 0 Å². The molecule has 2 aliphatic carbocycles. The van der Waals surface area contributed by atoms with Crippen LogP contribution in [-0.2, 0) is 6.42 Å². The minimum absolute atomic E-state index is 0.711. The Morgan fingerprint density at radius 3 is 2.00 bits per heavy atom. The molecule has 0 amide bonds. The normalized spacial score (nSPS) is 26.0. The molecule has 1 nitrogen and oxygen atoms in total. The number of unbranched alkanes of at least 4 members (excludes halogenated alkanes) is 1. The quantitative estimate of drug-likeness (QED) is 0.172. The van der Waals surface area contributed by atoms with Crippen LogP contribution in [0.15, 0.2) is 48.3 Å². The zero-order chi connectivity index (χ0) is 24.0. The van der Waals surface area contributed by atoms with E-state index in [2.05, 4.69) is 31.2 Å². The van der Waals surface area contributed by atoms with Gasteiger partial charge in [0.05, 0.1) is 0 Å². The van der Waals surface area contributed by atoms with Gasteiger partial charge in [-0.2, -0.15) is 9.65 Å². The van der Waals surface area contributed by atoms with Gasteiger partial charge in [-0.25, -0.2) is 0 Å². The molecule has 0 heterocycles. The molecule has 2 fully saturated rings. The summed E-state index contributed by atoms with van der Waals surface area (Å²) < 4.78 is 12.7. The van der Waals surface area contributed by atoms with E-state index in [1.807, 2.05) is 6.08 Å². The van der Waals surface area contributed by atoms with Crippen molar-refractivity contribution in [1.29, 1.82) is 5.26 Å². The Morgan fingerprint density at radius 1 is 0.882 bits per heavy atom. The number of allylic oxidation sites excluding steroid dienone is 4. The van der Waals surface area contributed by atoms with Gasteiger partial charge in [0.25, 0.3) is 0 Å². The van der Waals surface area contributed by atoms with E-state index in [0.717, 1.165) is 30.1 Å². The first kappa shape index (κ1) is 26.7. The predicted molar refractivity (Wildman–Crippen MR) is 142 cm³/mol. The standard InChI is InChI=1S/C32H46FN/c1-2-8-26-17-21-30(22-18-26)31-23-19-29(20-24-31)11-7-6-10-28-15-13-27(14-16-28)9-4-3-5-12-32(33)25-34/h3,5,12,17-18,21-22,27-29,31H,2,4,6-11,13-16,19-20,23-24H2,1H3. The Bertz CT molecular complexity index is 783. The lowest BCUT2D eigenvalue weighted by molar-refractivity contribution is 0.244. The molecule has 2 heteroatoms. The van der Waals surface area contributed by atoms with E-state index in [0.29, 0.717) is 0 Å². The summed E-state index contributed by atoms with van der Waals surface area (Å²) in [6.07, 6.45) is 26.5. The number of aryl methyl sites for hydroxylation is 1. The van der Waals surface area contributed by atoms with E-state index >= 15 is 0 Å². The van der Waals surface area contributed by atoms with Gasteiger partial charge in [0, 0.05) is 0 Å². The lowest BCUT2D eigenvalue weighted by Crippen LogP contribution is -2.15. The van der Waals surface area contributed by atoms with Crippen LogP contribution in [0.25, 0.3) is 0 Å². The molecule has 0 unspecified atom stereocenters. The monoisotopic (exact) mass is 463 g/mol. The van der Waals surface area contributed by atoms with Crippen LogP contribution >= 0.6 is 0 Å². The summed E-state index contributed by atoms with van der Waals surface area (Å²) in [5, 5.41) is 8.41. The van der Waals surface area contributed by atoms with Gasteiger partial charge in [-0.1, -0.05) is 101 Å². The smallest absolute Gasteiger partial charge is 0.195 e. The van der Waals surface area contributed by atoms with Gasteiger partial charge in [-0.15, -0.1) is 0 Å². The zero-order valence-corrected chi connectivity index (χ0v) is 21.5. The van der Waals surface area contributed by atoms with E-state index in [-0.39, 0.29) is 0 Å². The van der Waals surface area contributed by atoms with Crippen LogP contribution in [0.3, 0.4) is 0 Å². The molecular formula is C32H46FN. The summed E-state index contributed by atoms with van der Waals surface area (Å²) in [6.45, 7) is 2.26. The molecule has 2 saturated carbocycles. The molecule has 0 aliphatic heterocycles. The molecule has 0 spiro atoms. The second kappa shape index (κ2) is 15.2. The predicted octanol–water partition coefficient (Wildman–Crippen LogP) is 9.99. The van der Waals surface area contributed by atoms with Crippen LogP contribution in [-0.4, -0.2) is 0 Å². The molecule has 3 rings (SSSR count). The third-order valence-corrected chi connectivity index (χ3v) is 8.50. The maximum absolute atomic E-state index is 12.7. The van der Waals surface area contributed by atoms with E-state index in [1.165, 1.54) is 114 Å². The van der Waals surface area contributed by atoms with Gasteiger partial charge in [0.2, 0.25) is 0 Å². The summed E-state index contributed by atoms with van der Waals surface area (Å²) in [6, 6.07) is 11.0. The Hall–Kier alpha value is -1.88. The van der Waals surface area contributed by atoms with Gasteiger partial charge in [-0.05, 0) is 85.8 Å². The van der Waals surface area contributed by atoms with Crippen LogP contribution in [0.5, 0.6) is 0 Å². The summed E-state index contributed by atoms with van der Waals surface area (Å²) in [5.74, 6) is 2.84. The number of nitrogens with zero attached hydrogens (tertiary/aromatic N) is 1. The first-order chi connectivity index (χ1) is 16.7. The molecule has 34 heavy (non-hydrogen) atoms. The first-order valence-electron chi connectivity index (χ1n) is 14.2. The molecule has 0 saturated heterocycles. The summed E-state index contributed by atoms with van der Waals surface area (Å²) in [7, 11) is 0. The molecular weight excluding hydrogens is 417 g/mol. The average Bonchev–Trinajstić information content (AvgIpc) is 2.88. The average molecular weight is 464 g/mol. The van der Waals surface area contributed by atoms with Crippen molar-refractivity contribution in [2.45, 2.75) is 116 Å². The Balaban J connectivity index is 1.22. The zero-order valence-electron chi connectivity index (χ0n) is 21.5. The molecule has 0 radical (unpaired) electrons. The fourth-order valence-corrected chi connectivity index (χ4v) is 6.32. The molecule has 0 aromatic heterocycles. The summed E-state index contributed by atoms with van der Waals surface area (Å²) in [5.41, 5.74) is 3.07. The molecule has 186 valence electrons. The van der Waals surface area contributed by atoms with Gasteiger partial charge < -0.3 is 0 Å². The van der Waals surface area contributed by atoms with Gasteiger partial charge in [-0.3, -0.25) is 0 Å². The number of halogens is 1. The molecule has 0 N–H and O–H groups in total. The molecule has 1 aromatic rings. The maximum atomic E-state index is 12.7. The summed E-state index contributed by atoms with van der Waals surface area (Å²) in [4.78, 5) is 0. The highest BCUT2D eigenvalue weighted by atomic mass is 19.1. The highest BCUT2D eigenvalue weighted by molar-refractivity contribution is 5.26. The van der Waals surface area contributed by atoms with Crippen LogP contribution in [0.1, 0.15) is 120 Å². The SMILES string of the molecule is CCCc1ccc(C2CCC(CCCCC3CCC(CCC=CC=C(F)C#N)CC3)CC2)cc1. The Kier molecular flexibility index (Phi) is 11.9. The van der Waals surface area contributed by atoms with E-state index in [9.17, 15) is 4.39 Å². The van der Waals surface area contributed by atoms with Gasteiger partial charge in [0.1, 0.15) is 6.07 Å². The van der Waals surface area contributed by atoms with Crippen LogP contribution < -0.4 is 0 Å². The van der Waals surface area contributed by atoms with Crippen molar-refractivity contribution >= 4 is 0 Å². The largest absolute Gasteiger partial charge is 0.199 e. The maximum Gasteiger partial charge on any atom is 0.199 e. The number of rotatable bonds is 12. The highest BCUT2D eigenvalue weighted by Gasteiger charge is 2.23. The molecule has 0 bridgehead atoms. The van der Waals surface area contributed by atoms with Crippen LogP contribution in [0.4, 0.5) is 4.39 Å². The minimum atomic E-state index is -0.711. The second-order valence-corrected chi connectivity index (χ2v) is 11.0. The van der Waals surface area contributed by atoms with Crippen LogP contribution in [0.2, 0.25) is 0 Å². The van der Waals surface area contributed by atoms with Crippen molar-refractivity contribution < 1.29 is 4.39 Å². The van der Waals surface area contributed by atoms with Crippen molar-refractivity contribution in [2.24, 2.45) is 17.8 Å². The first-order valence-corrected chi connectivity index (χ1v) is 14.2. The van der Waals surface area contributed by atoms with Gasteiger partial charge >= 0.3 is 0 Å². The summed E-state index contributed by atoms with van der Waals surface area (Å²) >= 11 is 0. The van der Waals surface area contributed by atoms with E-state index in [4.69, 9.17) is 5.26 Å². The lowest BCUT2D eigenvalue weighted by Gasteiger charge is -2.30. The van der Waals surface area contributed by atoms with Crippen LogP contribution in [0, 0.1) is 29.1 Å². The van der Waals surface area contributed by atoms with Crippen molar-refractivity contribution in [3.05, 3.63) is 59.4 Å². The minimum Gasteiger partial charge on any atom is -0.195 e. The second-order valence-electron chi connectivity index (χ2n) is 11.0.